The predicted molar refractivity (Wildman–Crippen MR) is 91.6 cm³/mol. The van der Waals surface area contributed by atoms with Gasteiger partial charge in [-0.25, -0.2) is 17.9 Å². The van der Waals surface area contributed by atoms with Gasteiger partial charge in [-0.1, -0.05) is 11.6 Å². The van der Waals surface area contributed by atoms with E-state index in [-0.39, 0.29) is 4.90 Å². The Morgan fingerprint density at radius 3 is 2.09 bits per heavy atom. The zero-order valence-corrected chi connectivity index (χ0v) is 14.1. The van der Waals surface area contributed by atoms with Crippen LogP contribution in [0, 0.1) is 0 Å². The number of hydrogen-bond donors (Lipinski definition) is 2. The van der Waals surface area contributed by atoms with Crippen LogP contribution in [0.15, 0.2) is 53.4 Å². The third-order valence-electron chi connectivity index (χ3n) is 2.99. The first-order chi connectivity index (χ1) is 10.8. The van der Waals surface area contributed by atoms with E-state index in [9.17, 15) is 13.2 Å². The first-order valence-electron chi connectivity index (χ1n) is 6.65. The highest BCUT2D eigenvalue weighted by atomic mass is 35.5. The van der Waals surface area contributed by atoms with Crippen molar-refractivity contribution in [1.82, 2.24) is 4.72 Å². The highest BCUT2D eigenvalue weighted by Crippen LogP contribution is 2.16. The van der Waals surface area contributed by atoms with Gasteiger partial charge >= 0.3 is 6.03 Å². The molecule has 122 valence electrons. The number of amides is 2. The van der Waals surface area contributed by atoms with Gasteiger partial charge in [-0.15, -0.1) is 0 Å². The van der Waals surface area contributed by atoms with Gasteiger partial charge < -0.3 is 10.2 Å². The molecule has 2 aromatic rings. The molecule has 6 nitrogen and oxygen atoms in total. The number of anilines is 2. The van der Waals surface area contributed by atoms with Crippen LogP contribution in [0.3, 0.4) is 0 Å². The summed E-state index contributed by atoms with van der Waals surface area (Å²) >= 11 is 5.74. The Hall–Kier alpha value is -2.25. The van der Waals surface area contributed by atoms with Gasteiger partial charge in [0.05, 0.1) is 4.90 Å². The second-order valence-corrected chi connectivity index (χ2v) is 7.07. The minimum Gasteiger partial charge on any atom is -0.378 e. The van der Waals surface area contributed by atoms with Crippen LogP contribution in [0.5, 0.6) is 0 Å². The summed E-state index contributed by atoms with van der Waals surface area (Å²) in [6.45, 7) is 0. The van der Waals surface area contributed by atoms with E-state index < -0.39 is 16.1 Å². The minimum atomic E-state index is -3.94. The number of rotatable bonds is 4. The molecule has 0 heterocycles. The van der Waals surface area contributed by atoms with Crippen LogP contribution >= 0.6 is 11.6 Å². The smallest absolute Gasteiger partial charge is 0.333 e. The molecule has 0 unspecified atom stereocenters. The van der Waals surface area contributed by atoms with Gasteiger partial charge in [-0.2, -0.15) is 0 Å². The molecule has 8 heteroatoms. The Morgan fingerprint density at radius 2 is 1.57 bits per heavy atom. The molecule has 0 saturated carbocycles. The highest BCUT2D eigenvalue weighted by Gasteiger charge is 2.17. The van der Waals surface area contributed by atoms with Gasteiger partial charge in [0.25, 0.3) is 10.0 Å². The number of nitrogens with one attached hydrogen (secondary N) is 2. The number of hydrogen-bond acceptors (Lipinski definition) is 4. The quantitative estimate of drug-likeness (QED) is 0.885. The number of carbonyl (C=O) groups excluding carboxylic acids is 1. The molecule has 2 aromatic carbocycles. The van der Waals surface area contributed by atoms with E-state index in [0.29, 0.717) is 10.7 Å². The summed E-state index contributed by atoms with van der Waals surface area (Å²) in [5.41, 5.74) is 1.29. The van der Waals surface area contributed by atoms with Gasteiger partial charge in [-0.05, 0) is 48.5 Å². The van der Waals surface area contributed by atoms with Crippen molar-refractivity contribution in [3.63, 3.8) is 0 Å². The van der Waals surface area contributed by atoms with Crippen molar-refractivity contribution >= 4 is 39.0 Å². The second kappa shape index (κ2) is 6.89. The molecule has 2 rings (SSSR count). The maximum absolute atomic E-state index is 12.2. The van der Waals surface area contributed by atoms with E-state index in [1.165, 1.54) is 12.1 Å². The summed E-state index contributed by atoms with van der Waals surface area (Å²) in [6, 6.07) is 11.7. The van der Waals surface area contributed by atoms with Gasteiger partial charge in [-0.3, -0.25) is 0 Å². The summed E-state index contributed by atoms with van der Waals surface area (Å²) in [4.78, 5) is 13.7. The fourth-order valence-corrected chi connectivity index (χ4v) is 2.83. The lowest BCUT2D eigenvalue weighted by atomic mass is 10.3. The zero-order valence-electron chi connectivity index (χ0n) is 12.6. The topological polar surface area (TPSA) is 78.5 Å². The van der Waals surface area contributed by atoms with E-state index in [4.69, 9.17) is 11.6 Å². The largest absolute Gasteiger partial charge is 0.378 e. The molecule has 2 N–H and O–H groups in total. The molecule has 0 aromatic heterocycles. The third kappa shape index (κ3) is 4.61. The van der Waals surface area contributed by atoms with E-state index in [0.717, 1.165) is 5.69 Å². The van der Waals surface area contributed by atoms with Crippen molar-refractivity contribution < 1.29 is 13.2 Å². The standard InChI is InChI=1S/C15H16ClN3O3S/c1-19(2)13-7-9-14(10-8-13)23(21,22)18-15(20)17-12-5-3-11(16)4-6-12/h3-10H,1-2H3,(H2,17,18,20). The highest BCUT2D eigenvalue weighted by molar-refractivity contribution is 7.90. The summed E-state index contributed by atoms with van der Waals surface area (Å²) in [5, 5.41) is 2.95. The Bertz CT molecular complexity index is 788. The molecule has 23 heavy (non-hydrogen) atoms. The monoisotopic (exact) mass is 353 g/mol. The van der Waals surface area contributed by atoms with Crippen molar-refractivity contribution in [3.8, 4) is 0 Å². The summed E-state index contributed by atoms with van der Waals surface area (Å²) < 4.78 is 26.3. The van der Waals surface area contributed by atoms with Crippen LogP contribution in [-0.4, -0.2) is 28.5 Å². The first kappa shape index (κ1) is 17.1. The molecule has 0 radical (unpaired) electrons. The molecule has 0 aliphatic heterocycles. The lowest BCUT2D eigenvalue weighted by Crippen LogP contribution is -2.34. The number of sulfonamides is 1. The van der Waals surface area contributed by atoms with Crippen LogP contribution in [0.25, 0.3) is 0 Å². The molecular weight excluding hydrogens is 338 g/mol. The van der Waals surface area contributed by atoms with Crippen LogP contribution in [0.1, 0.15) is 0 Å². The minimum absolute atomic E-state index is 0.00866. The number of benzene rings is 2. The van der Waals surface area contributed by atoms with Gasteiger partial charge in [0.1, 0.15) is 0 Å². The van der Waals surface area contributed by atoms with Crippen LogP contribution < -0.4 is 14.9 Å². The third-order valence-corrected chi connectivity index (χ3v) is 4.59. The fourth-order valence-electron chi connectivity index (χ4n) is 1.79. The van der Waals surface area contributed by atoms with Crippen LogP contribution in [-0.2, 0) is 10.0 Å². The summed E-state index contributed by atoms with van der Waals surface area (Å²) in [7, 11) is -0.240. The lowest BCUT2D eigenvalue weighted by Gasteiger charge is -2.13. The van der Waals surface area contributed by atoms with Gasteiger partial charge in [0.2, 0.25) is 0 Å². The maximum Gasteiger partial charge on any atom is 0.333 e. The van der Waals surface area contributed by atoms with Crippen molar-refractivity contribution in [3.05, 3.63) is 53.6 Å². The Labute approximate surface area is 140 Å². The van der Waals surface area contributed by atoms with E-state index in [1.807, 2.05) is 23.7 Å². The number of urea groups is 1. The van der Waals surface area contributed by atoms with Gasteiger partial charge in [0.15, 0.2) is 0 Å². The summed E-state index contributed by atoms with van der Waals surface area (Å²) in [6.07, 6.45) is 0. The van der Waals surface area contributed by atoms with Crippen LogP contribution in [0.2, 0.25) is 5.02 Å². The Morgan fingerprint density at radius 1 is 1.00 bits per heavy atom. The van der Waals surface area contributed by atoms with Crippen molar-refractivity contribution in [1.29, 1.82) is 0 Å². The molecule has 2 amide bonds. The van der Waals surface area contributed by atoms with Gasteiger partial charge in [0, 0.05) is 30.5 Å². The molecular formula is C15H16ClN3O3S. The van der Waals surface area contributed by atoms with E-state index >= 15 is 0 Å². The molecule has 0 atom stereocenters. The average molecular weight is 354 g/mol. The maximum atomic E-state index is 12.2. The zero-order chi connectivity index (χ0) is 17.0. The molecule has 0 spiro atoms. The predicted octanol–water partition coefficient (Wildman–Crippen LogP) is 2.92. The normalized spacial score (nSPS) is 10.9. The number of halogens is 1. The van der Waals surface area contributed by atoms with E-state index in [1.54, 1.807) is 36.4 Å². The second-order valence-electron chi connectivity index (χ2n) is 4.95. The van der Waals surface area contributed by atoms with Crippen molar-refractivity contribution in [2.75, 3.05) is 24.3 Å². The van der Waals surface area contributed by atoms with Crippen molar-refractivity contribution in [2.45, 2.75) is 4.90 Å². The molecule has 0 aliphatic carbocycles. The number of nitrogens with zero attached hydrogens (tertiary/aromatic N) is 1. The Kier molecular flexibility index (Phi) is 5.12. The van der Waals surface area contributed by atoms with Crippen LogP contribution in [0.4, 0.5) is 16.2 Å². The number of carbonyl (C=O) groups is 1. The Balaban J connectivity index is 2.07. The average Bonchev–Trinajstić information content (AvgIpc) is 2.49. The SMILES string of the molecule is CN(C)c1ccc(S(=O)(=O)NC(=O)Nc2ccc(Cl)cc2)cc1. The molecule has 0 aliphatic rings. The lowest BCUT2D eigenvalue weighted by molar-refractivity contribution is 0.256. The van der Waals surface area contributed by atoms with E-state index in [2.05, 4.69) is 5.32 Å². The summed E-state index contributed by atoms with van der Waals surface area (Å²) in [5.74, 6) is 0. The molecule has 0 bridgehead atoms. The van der Waals surface area contributed by atoms with Crippen molar-refractivity contribution in [2.24, 2.45) is 0 Å². The fraction of sp³-hybridized carbons (Fsp3) is 0.133. The first-order valence-corrected chi connectivity index (χ1v) is 8.51. The molecule has 0 fully saturated rings. The molecule has 0 saturated heterocycles.